The van der Waals surface area contributed by atoms with Crippen LogP contribution in [0.15, 0.2) is 35.7 Å². The molecule has 3 aliphatic heterocycles. The molecule has 1 fully saturated rings. The van der Waals surface area contributed by atoms with Gasteiger partial charge in [-0.1, -0.05) is 36.9 Å². The Labute approximate surface area is 176 Å². The van der Waals surface area contributed by atoms with Gasteiger partial charge in [-0.2, -0.15) is 5.10 Å². The number of carbonyl (C=O) groups is 1. The molecular weight excluding hydrogens is 384 g/mol. The second kappa shape index (κ2) is 8.28. The van der Waals surface area contributed by atoms with Crippen molar-refractivity contribution in [2.45, 2.75) is 64.8 Å². The normalized spacial score (nSPS) is 25.9. The van der Waals surface area contributed by atoms with Gasteiger partial charge in [-0.25, -0.2) is 5.43 Å². The van der Waals surface area contributed by atoms with Gasteiger partial charge >= 0.3 is 0 Å². The van der Waals surface area contributed by atoms with Gasteiger partial charge < -0.3 is 15.2 Å². The molecule has 0 saturated carbocycles. The van der Waals surface area contributed by atoms with Gasteiger partial charge in [0.2, 0.25) is 5.91 Å². The summed E-state index contributed by atoms with van der Waals surface area (Å²) in [5.41, 5.74) is 10.9. The van der Waals surface area contributed by atoms with E-state index in [2.05, 4.69) is 76.3 Å². The Balaban J connectivity index is 1.37. The molecule has 0 bridgehead atoms. The number of nitrogens with zero attached hydrogens (tertiary/aromatic N) is 3. The second-order valence-corrected chi connectivity index (χ2v) is 9.02. The van der Waals surface area contributed by atoms with Crippen LogP contribution >= 0.6 is 11.8 Å². The van der Waals surface area contributed by atoms with Crippen LogP contribution in [0.1, 0.15) is 49.4 Å². The highest BCUT2D eigenvalue weighted by molar-refractivity contribution is 8.14. The highest BCUT2D eigenvalue weighted by Crippen LogP contribution is 2.35. The Morgan fingerprint density at radius 1 is 1.34 bits per heavy atom. The van der Waals surface area contributed by atoms with Crippen LogP contribution in [0.25, 0.3) is 0 Å². The predicted octanol–water partition coefficient (Wildman–Crippen LogP) is 2.56. The molecule has 1 amide bonds. The first-order valence-corrected chi connectivity index (χ1v) is 11.3. The van der Waals surface area contributed by atoms with E-state index in [4.69, 9.17) is 0 Å². The smallest absolute Gasteiger partial charge is 0.230 e. The van der Waals surface area contributed by atoms with Crippen molar-refractivity contribution < 1.29 is 4.79 Å². The van der Waals surface area contributed by atoms with E-state index < -0.39 is 0 Å². The van der Waals surface area contributed by atoms with Crippen LogP contribution in [-0.4, -0.2) is 45.0 Å². The van der Waals surface area contributed by atoms with Crippen LogP contribution in [-0.2, 0) is 4.79 Å². The molecule has 0 radical (unpaired) electrons. The summed E-state index contributed by atoms with van der Waals surface area (Å²) >= 11 is 1.48. The highest BCUT2D eigenvalue weighted by Gasteiger charge is 2.44. The average molecular weight is 415 g/mol. The molecule has 1 saturated heterocycles. The van der Waals surface area contributed by atoms with Crippen molar-refractivity contribution in [2.24, 2.45) is 5.10 Å². The van der Waals surface area contributed by atoms with E-state index in [0.717, 1.165) is 18.0 Å². The van der Waals surface area contributed by atoms with Crippen molar-refractivity contribution in [1.29, 1.82) is 0 Å². The number of hydrogen-bond acceptors (Lipinski definition) is 7. The van der Waals surface area contributed by atoms with Crippen LogP contribution in [0.4, 0.5) is 0 Å². The van der Waals surface area contributed by atoms with Crippen molar-refractivity contribution in [2.75, 3.05) is 5.75 Å². The van der Waals surface area contributed by atoms with Crippen molar-refractivity contribution in [3.05, 3.63) is 47.3 Å². The summed E-state index contributed by atoms with van der Waals surface area (Å²) in [6.45, 7) is 8.40. The molecule has 3 heterocycles. The number of fused-ring (bicyclic) bond motifs is 3. The van der Waals surface area contributed by atoms with Crippen molar-refractivity contribution in [1.82, 2.24) is 26.1 Å². The largest absolute Gasteiger partial charge is 0.353 e. The van der Waals surface area contributed by atoms with E-state index >= 15 is 0 Å². The van der Waals surface area contributed by atoms with Crippen LogP contribution in [0.5, 0.6) is 0 Å². The molecule has 3 unspecified atom stereocenters. The molecule has 0 aromatic heterocycles. The maximum atomic E-state index is 12.1. The maximum absolute atomic E-state index is 12.1. The van der Waals surface area contributed by atoms with Crippen LogP contribution in [0, 0.1) is 13.8 Å². The minimum Gasteiger partial charge on any atom is -0.353 e. The van der Waals surface area contributed by atoms with Crippen LogP contribution in [0.3, 0.4) is 0 Å². The summed E-state index contributed by atoms with van der Waals surface area (Å²) in [4.78, 5) is 14.2. The van der Waals surface area contributed by atoms with Gasteiger partial charge in [0, 0.05) is 18.4 Å². The number of hydrazine groups is 1. The third-order valence-electron chi connectivity index (χ3n) is 5.99. The fraction of sp³-hybridized carbons (Fsp3) is 0.524. The van der Waals surface area contributed by atoms with E-state index in [-0.39, 0.29) is 30.2 Å². The summed E-state index contributed by atoms with van der Waals surface area (Å²) in [7, 11) is 0. The molecule has 4 rings (SSSR count). The molecule has 0 spiro atoms. The topological polar surface area (TPSA) is 72.0 Å². The summed E-state index contributed by atoms with van der Waals surface area (Å²) < 4.78 is 0. The van der Waals surface area contributed by atoms with E-state index in [9.17, 15) is 4.79 Å². The van der Waals surface area contributed by atoms with E-state index in [0.29, 0.717) is 5.75 Å². The molecule has 7 nitrogen and oxygen atoms in total. The summed E-state index contributed by atoms with van der Waals surface area (Å²) in [6.07, 6.45) is 6.11. The number of nitrogens with one attached hydrogen (secondary N) is 3. The third kappa shape index (κ3) is 4.09. The lowest BCUT2D eigenvalue weighted by Crippen LogP contribution is -2.54. The van der Waals surface area contributed by atoms with Crippen LogP contribution in [0.2, 0.25) is 0 Å². The zero-order valence-corrected chi connectivity index (χ0v) is 18.3. The number of amidine groups is 1. The van der Waals surface area contributed by atoms with Gasteiger partial charge in [0.25, 0.3) is 0 Å². The molecule has 0 aliphatic carbocycles. The van der Waals surface area contributed by atoms with Gasteiger partial charge in [-0.3, -0.25) is 10.2 Å². The van der Waals surface area contributed by atoms with Crippen LogP contribution < -0.4 is 16.2 Å². The van der Waals surface area contributed by atoms with Gasteiger partial charge in [0.05, 0.1) is 17.8 Å². The first-order valence-electron chi connectivity index (χ1n) is 10.3. The average Bonchev–Trinajstić information content (AvgIpc) is 3.32. The predicted molar refractivity (Wildman–Crippen MR) is 118 cm³/mol. The minimum absolute atomic E-state index is 0.0513. The van der Waals surface area contributed by atoms with Gasteiger partial charge in [0.1, 0.15) is 6.17 Å². The highest BCUT2D eigenvalue weighted by atomic mass is 32.2. The Morgan fingerprint density at radius 2 is 2.17 bits per heavy atom. The lowest BCUT2D eigenvalue weighted by Gasteiger charge is -2.36. The van der Waals surface area contributed by atoms with E-state index in [1.807, 2.05) is 13.1 Å². The first kappa shape index (κ1) is 20.1. The molecule has 3 N–H and O–H groups in total. The Hall–Kier alpha value is -2.19. The molecule has 156 valence electrons. The molecule has 1 aromatic carbocycles. The lowest BCUT2D eigenvalue weighted by molar-refractivity contribution is -0.119. The Bertz CT molecular complexity index is 840. The van der Waals surface area contributed by atoms with Gasteiger partial charge in [-0.05, 0) is 50.3 Å². The fourth-order valence-corrected chi connectivity index (χ4v) is 4.68. The number of amides is 1. The number of thioether (sulfide) groups is 1. The van der Waals surface area contributed by atoms with Crippen molar-refractivity contribution in [3.8, 4) is 0 Å². The summed E-state index contributed by atoms with van der Waals surface area (Å²) in [6, 6.07) is 7.45. The summed E-state index contributed by atoms with van der Waals surface area (Å²) in [5.74, 6) is 0.426. The molecule has 4 atom stereocenters. The Kier molecular flexibility index (Phi) is 5.74. The van der Waals surface area contributed by atoms with Gasteiger partial charge in [0.15, 0.2) is 5.17 Å². The quantitative estimate of drug-likeness (QED) is 0.688. The molecule has 8 heteroatoms. The SMILES string of the molecule is CC[C@@H](C)NC(=O)CSC1=NNC2C3CC(c4ccc(C)c(C)c4)NN3C=CN12. The zero-order chi connectivity index (χ0) is 20.5. The second-order valence-electron chi connectivity index (χ2n) is 8.07. The number of hydrazone groups is 1. The standard InChI is InChI=1S/C21H30N6OS/c1-5-15(4)22-19(28)12-29-21-24-23-20-18-11-17(25-27(18)9-8-26(20)21)16-7-6-13(2)14(3)10-16/h6-10,15,17-18,20,23,25H,5,11-12H2,1-4H3,(H,22,28)/t15-,17?,18?,20?/m1/s1. The first-order chi connectivity index (χ1) is 14.0. The lowest BCUT2D eigenvalue weighted by atomic mass is 9.97. The molecule has 3 aliphatic rings. The molecular formula is C21H30N6OS. The van der Waals surface area contributed by atoms with Crippen molar-refractivity contribution >= 4 is 22.8 Å². The van der Waals surface area contributed by atoms with Gasteiger partial charge in [-0.15, -0.1) is 0 Å². The number of benzene rings is 1. The third-order valence-corrected chi connectivity index (χ3v) is 6.96. The Morgan fingerprint density at radius 3 is 2.93 bits per heavy atom. The van der Waals surface area contributed by atoms with E-state index in [1.54, 1.807) is 0 Å². The van der Waals surface area contributed by atoms with E-state index in [1.165, 1.54) is 28.5 Å². The number of aryl methyl sites for hydroxylation is 2. The number of carbonyl (C=O) groups excluding carboxylic acids is 1. The fourth-order valence-electron chi connectivity index (χ4n) is 3.90. The maximum Gasteiger partial charge on any atom is 0.230 e. The monoisotopic (exact) mass is 414 g/mol. The number of hydrogen-bond donors (Lipinski definition) is 3. The summed E-state index contributed by atoms with van der Waals surface area (Å²) in [5, 5.41) is 10.5. The zero-order valence-electron chi connectivity index (χ0n) is 17.5. The van der Waals surface area contributed by atoms with Crippen molar-refractivity contribution in [3.63, 3.8) is 0 Å². The minimum atomic E-state index is 0.0513. The number of rotatable bonds is 5. The molecule has 1 aromatic rings. The molecule has 29 heavy (non-hydrogen) atoms.